The van der Waals surface area contributed by atoms with E-state index in [-0.39, 0.29) is 16.7 Å². The van der Waals surface area contributed by atoms with Gasteiger partial charge in [-0.05, 0) is 36.8 Å². The minimum atomic E-state index is -0.541. The maximum atomic E-state index is 13.3. The van der Waals surface area contributed by atoms with Gasteiger partial charge in [0.25, 0.3) is 0 Å². The van der Waals surface area contributed by atoms with Crippen LogP contribution < -0.4 is 5.32 Å². The van der Waals surface area contributed by atoms with Gasteiger partial charge in [0.15, 0.2) is 11.0 Å². The van der Waals surface area contributed by atoms with E-state index in [4.69, 9.17) is 27.9 Å². The van der Waals surface area contributed by atoms with Gasteiger partial charge in [0, 0.05) is 31.5 Å². The molecule has 3 aromatic rings. The molecule has 0 radical (unpaired) electrons. The number of nitrogens with one attached hydrogen (secondary N) is 1. The smallest absolute Gasteiger partial charge is 0.234 e. The van der Waals surface area contributed by atoms with E-state index in [0.29, 0.717) is 34.8 Å². The minimum absolute atomic E-state index is 0.0530. The molecular weight excluding hydrogens is 450 g/mol. The first-order valence-corrected chi connectivity index (χ1v) is 10.8. The highest BCUT2D eigenvalue weighted by atomic mass is 35.5. The van der Waals surface area contributed by atoms with Crippen LogP contribution in [0.4, 0.5) is 10.1 Å². The Balaban J connectivity index is 1.73. The zero-order valence-electron chi connectivity index (χ0n) is 16.1. The molecule has 1 aromatic heterocycles. The molecular formula is C20H19Cl2FN4O2S. The lowest BCUT2D eigenvalue weighted by molar-refractivity contribution is -0.113. The van der Waals surface area contributed by atoms with E-state index < -0.39 is 5.82 Å². The van der Waals surface area contributed by atoms with Gasteiger partial charge in [-0.25, -0.2) is 4.39 Å². The number of halogens is 3. The Bertz CT molecular complexity index is 1030. The number of hydrogen-bond acceptors (Lipinski definition) is 5. The van der Waals surface area contributed by atoms with Gasteiger partial charge in [0.2, 0.25) is 5.91 Å². The van der Waals surface area contributed by atoms with Crippen LogP contribution in [-0.4, -0.2) is 40.1 Å². The third-order valence-electron chi connectivity index (χ3n) is 4.10. The van der Waals surface area contributed by atoms with Crippen LogP contribution in [0.5, 0.6) is 0 Å². The number of nitrogens with zero attached hydrogens (tertiary/aromatic N) is 3. The Kier molecular flexibility index (Phi) is 8.09. The van der Waals surface area contributed by atoms with Crippen LogP contribution in [-0.2, 0) is 16.1 Å². The molecule has 0 saturated carbocycles. The Morgan fingerprint density at radius 2 is 2.00 bits per heavy atom. The zero-order chi connectivity index (χ0) is 21.5. The van der Waals surface area contributed by atoms with Crippen molar-refractivity contribution in [3.05, 3.63) is 58.3 Å². The van der Waals surface area contributed by atoms with Crippen LogP contribution in [0.2, 0.25) is 10.0 Å². The summed E-state index contributed by atoms with van der Waals surface area (Å²) < 4.78 is 20.3. The molecule has 158 valence electrons. The molecule has 6 nitrogen and oxygen atoms in total. The standard InChI is InChI=1S/C20H19Cl2FN4O2S/c1-29-10-4-9-27-19(14-5-2-3-6-15(14)21)25-26-20(27)30-12-18(28)24-13-7-8-17(23)16(22)11-13/h2-3,5-8,11H,4,9-10,12H2,1H3,(H,24,28). The van der Waals surface area contributed by atoms with Crippen LogP contribution in [0.15, 0.2) is 47.6 Å². The van der Waals surface area contributed by atoms with Gasteiger partial charge in [0.1, 0.15) is 5.82 Å². The first kappa shape index (κ1) is 22.6. The Labute approximate surface area is 187 Å². The number of benzene rings is 2. The van der Waals surface area contributed by atoms with Crippen LogP contribution in [0, 0.1) is 5.82 Å². The lowest BCUT2D eigenvalue weighted by Crippen LogP contribution is -2.15. The number of amides is 1. The molecule has 0 aliphatic carbocycles. The number of hydrogen-bond donors (Lipinski definition) is 1. The fourth-order valence-corrected chi connectivity index (χ4v) is 3.87. The van der Waals surface area contributed by atoms with Crippen molar-refractivity contribution in [1.29, 1.82) is 0 Å². The van der Waals surface area contributed by atoms with Gasteiger partial charge in [-0.3, -0.25) is 4.79 Å². The number of anilines is 1. The Morgan fingerprint density at radius 3 is 2.73 bits per heavy atom. The molecule has 0 saturated heterocycles. The lowest BCUT2D eigenvalue weighted by atomic mass is 10.2. The van der Waals surface area contributed by atoms with E-state index in [9.17, 15) is 9.18 Å². The molecule has 3 rings (SSSR count). The normalized spacial score (nSPS) is 10.9. The number of ether oxygens (including phenoxy) is 1. The van der Waals surface area contributed by atoms with Crippen LogP contribution in [0.1, 0.15) is 6.42 Å². The third kappa shape index (κ3) is 5.72. The second-order valence-corrected chi connectivity index (χ2v) is 8.01. The Morgan fingerprint density at radius 1 is 1.20 bits per heavy atom. The van der Waals surface area contributed by atoms with Gasteiger partial charge in [0.05, 0.1) is 15.8 Å². The number of aromatic nitrogens is 3. The first-order valence-electron chi connectivity index (χ1n) is 9.04. The molecule has 10 heteroatoms. The summed E-state index contributed by atoms with van der Waals surface area (Å²) >= 11 is 13.3. The summed E-state index contributed by atoms with van der Waals surface area (Å²) in [5, 5.41) is 12.3. The highest BCUT2D eigenvalue weighted by molar-refractivity contribution is 7.99. The number of carbonyl (C=O) groups excluding carboxylic acids is 1. The van der Waals surface area contributed by atoms with Gasteiger partial charge < -0.3 is 14.6 Å². The number of thioether (sulfide) groups is 1. The summed E-state index contributed by atoms with van der Waals surface area (Å²) in [6, 6.07) is 11.4. The zero-order valence-corrected chi connectivity index (χ0v) is 18.4. The fourth-order valence-electron chi connectivity index (χ4n) is 2.71. The molecule has 0 unspecified atom stereocenters. The van der Waals surface area contributed by atoms with E-state index in [1.807, 2.05) is 22.8 Å². The summed E-state index contributed by atoms with van der Waals surface area (Å²) in [7, 11) is 1.64. The maximum Gasteiger partial charge on any atom is 0.234 e. The van der Waals surface area contributed by atoms with Gasteiger partial charge in [-0.15, -0.1) is 10.2 Å². The summed E-state index contributed by atoms with van der Waals surface area (Å²) in [4.78, 5) is 12.3. The average molecular weight is 469 g/mol. The SMILES string of the molecule is COCCCn1c(SCC(=O)Nc2ccc(F)c(Cl)c2)nnc1-c1ccccc1Cl. The second kappa shape index (κ2) is 10.8. The number of methoxy groups -OCH3 is 1. The van der Waals surface area contributed by atoms with Crippen molar-refractivity contribution in [3.8, 4) is 11.4 Å². The molecule has 0 aliphatic heterocycles. The van der Waals surface area contributed by atoms with Crippen LogP contribution >= 0.6 is 35.0 Å². The maximum absolute atomic E-state index is 13.3. The van der Waals surface area contributed by atoms with Crippen molar-refractivity contribution in [3.63, 3.8) is 0 Å². The van der Waals surface area contributed by atoms with Crippen molar-refractivity contribution < 1.29 is 13.9 Å². The molecule has 1 amide bonds. The highest BCUT2D eigenvalue weighted by Crippen LogP contribution is 2.29. The van der Waals surface area contributed by atoms with E-state index in [1.165, 1.54) is 30.0 Å². The molecule has 2 aromatic carbocycles. The van der Waals surface area contributed by atoms with Crippen LogP contribution in [0.3, 0.4) is 0 Å². The number of carbonyl (C=O) groups is 1. The summed E-state index contributed by atoms with van der Waals surface area (Å²) in [6.45, 7) is 1.19. The summed E-state index contributed by atoms with van der Waals surface area (Å²) in [6.07, 6.45) is 0.750. The predicted molar refractivity (Wildman–Crippen MR) is 118 cm³/mol. The minimum Gasteiger partial charge on any atom is -0.385 e. The second-order valence-electron chi connectivity index (χ2n) is 6.25. The van der Waals surface area contributed by atoms with Crippen molar-refractivity contribution in [2.24, 2.45) is 0 Å². The highest BCUT2D eigenvalue weighted by Gasteiger charge is 2.17. The summed E-state index contributed by atoms with van der Waals surface area (Å²) in [5.74, 6) is -0.0847. The largest absolute Gasteiger partial charge is 0.385 e. The molecule has 1 N–H and O–H groups in total. The van der Waals surface area contributed by atoms with Crippen molar-refractivity contribution in [1.82, 2.24) is 14.8 Å². The van der Waals surface area contributed by atoms with Gasteiger partial charge >= 0.3 is 0 Å². The summed E-state index contributed by atoms with van der Waals surface area (Å²) in [5.41, 5.74) is 1.19. The molecule has 0 bridgehead atoms. The van der Waals surface area contributed by atoms with Gasteiger partial charge in [-0.1, -0.05) is 47.1 Å². The topological polar surface area (TPSA) is 69.0 Å². The third-order valence-corrected chi connectivity index (χ3v) is 5.68. The van der Waals surface area contributed by atoms with Crippen LogP contribution in [0.25, 0.3) is 11.4 Å². The Hall–Kier alpha value is -2.13. The van der Waals surface area contributed by atoms with E-state index in [0.717, 1.165) is 12.0 Å². The first-order chi connectivity index (χ1) is 14.5. The molecule has 0 spiro atoms. The fraction of sp³-hybridized carbons (Fsp3) is 0.250. The lowest BCUT2D eigenvalue weighted by Gasteiger charge is -2.11. The van der Waals surface area contributed by atoms with Gasteiger partial charge in [-0.2, -0.15) is 0 Å². The van der Waals surface area contributed by atoms with E-state index >= 15 is 0 Å². The quantitative estimate of drug-likeness (QED) is 0.347. The molecule has 1 heterocycles. The van der Waals surface area contributed by atoms with E-state index in [2.05, 4.69) is 15.5 Å². The average Bonchev–Trinajstić information content (AvgIpc) is 3.12. The molecule has 0 aliphatic rings. The monoisotopic (exact) mass is 468 g/mol. The molecule has 0 fully saturated rings. The van der Waals surface area contributed by atoms with E-state index in [1.54, 1.807) is 13.2 Å². The predicted octanol–water partition coefficient (Wildman–Crippen LogP) is 5.16. The van der Waals surface area contributed by atoms with Crippen molar-refractivity contribution >= 4 is 46.6 Å². The van der Waals surface area contributed by atoms with Crippen molar-refractivity contribution in [2.45, 2.75) is 18.1 Å². The number of rotatable bonds is 9. The molecule has 30 heavy (non-hydrogen) atoms. The van der Waals surface area contributed by atoms with Crippen molar-refractivity contribution in [2.75, 3.05) is 24.8 Å². The molecule has 0 atom stereocenters.